The first-order valence-electron chi connectivity index (χ1n) is 6.87. The minimum Gasteiger partial charge on any atom is -0.393 e. The molecule has 19 heavy (non-hydrogen) atoms. The van der Waals surface area contributed by atoms with E-state index >= 15 is 0 Å². The molecule has 0 bridgehead atoms. The molecule has 0 aliphatic heterocycles. The van der Waals surface area contributed by atoms with Crippen molar-refractivity contribution >= 4 is 27.7 Å². The van der Waals surface area contributed by atoms with Gasteiger partial charge >= 0.3 is 0 Å². The maximum absolute atomic E-state index is 9.49. The molecule has 0 aromatic carbocycles. The highest BCUT2D eigenvalue weighted by Crippen LogP contribution is 2.26. The number of halogens is 1. The predicted octanol–water partition coefficient (Wildman–Crippen LogP) is 2.63. The van der Waals surface area contributed by atoms with Gasteiger partial charge in [-0.1, -0.05) is 0 Å². The number of aliphatic hydroxyl groups is 1. The molecule has 0 amide bonds. The Balaban J connectivity index is 1.89. The van der Waals surface area contributed by atoms with Crippen LogP contribution in [0.25, 0.3) is 0 Å². The topological polar surface area (TPSA) is 70.1 Å². The zero-order chi connectivity index (χ0) is 13.7. The molecule has 6 heteroatoms. The van der Waals surface area contributed by atoms with Gasteiger partial charge in [0.05, 0.1) is 10.6 Å². The molecule has 1 aromatic rings. The average Bonchev–Trinajstić information content (AvgIpc) is 2.41. The van der Waals surface area contributed by atoms with Crippen LogP contribution >= 0.6 is 15.9 Å². The fourth-order valence-corrected chi connectivity index (χ4v) is 2.66. The Bertz CT molecular complexity index is 408. The number of aliphatic hydroxyl groups excluding tert-OH is 1. The molecule has 0 spiro atoms. The summed E-state index contributed by atoms with van der Waals surface area (Å²) in [6.45, 7) is 3.72. The number of aromatic nitrogens is 2. The Labute approximate surface area is 122 Å². The summed E-state index contributed by atoms with van der Waals surface area (Å²) in [5.41, 5.74) is 0. The van der Waals surface area contributed by atoms with E-state index < -0.39 is 0 Å². The molecule has 1 aliphatic rings. The van der Waals surface area contributed by atoms with Crippen LogP contribution < -0.4 is 10.6 Å². The van der Waals surface area contributed by atoms with Crippen molar-refractivity contribution in [3.63, 3.8) is 0 Å². The van der Waals surface area contributed by atoms with Crippen molar-refractivity contribution in [1.29, 1.82) is 0 Å². The predicted molar refractivity (Wildman–Crippen MR) is 80.4 cm³/mol. The third-order valence-electron chi connectivity index (χ3n) is 3.45. The fraction of sp³-hybridized carbons (Fsp3) is 0.692. The van der Waals surface area contributed by atoms with E-state index in [2.05, 4.69) is 36.5 Å². The Kier molecular flexibility index (Phi) is 5.39. The fourth-order valence-electron chi connectivity index (χ4n) is 2.32. The van der Waals surface area contributed by atoms with E-state index in [1.165, 1.54) is 0 Å². The third-order valence-corrected chi connectivity index (χ3v) is 4.03. The summed E-state index contributed by atoms with van der Waals surface area (Å²) in [6, 6.07) is 0. The van der Waals surface area contributed by atoms with Crippen LogP contribution in [-0.2, 0) is 0 Å². The summed E-state index contributed by atoms with van der Waals surface area (Å²) in [6.07, 6.45) is 5.66. The molecule has 1 heterocycles. The van der Waals surface area contributed by atoms with Crippen LogP contribution in [0.4, 0.5) is 11.8 Å². The van der Waals surface area contributed by atoms with Crippen LogP contribution in [-0.4, -0.2) is 34.3 Å². The molecule has 1 saturated carbocycles. The van der Waals surface area contributed by atoms with E-state index in [4.69, 9.17) is 0 Å². The van der Waals surface area contributed by atoms with Gasteiger partial charge < -0.3 is 15.7 Å². The summed E-state index contributed by atoms with van der Waals surface area (Å²) in [5, 5.41) is 16.0. The van der Waals surface area contributed by atoms with Gasteiger partial charge in [0.25, 0.3) is 0 Å². The molecule has 0 atom stereocenters. The first-order valence-corrected chi connectivity index (χ1v) is 7.66. The molecule has 3 N–H and O–H groups in total. The number of hydrogen-bond donors (Lipinski definition) is 3. The van der Waals surface area contributed by atoms with Crippen molar-refractivity contribution in [3.8, 4) is 0 Å². The zero-order valence-corrected chi connectivity index (χ0v) is 12.8. The summed E-state index contributed by atoms with van der Waals surface area (Å²) >= 11 is 3.46. The highest BCUT2D eigenvalue weighted by Gasteiger charge is 2.19. The smallest absolute Gasteiger partial charge is 0.224 e. The minimum absolute atomic E-state index is 0.0950. The molecule has 0 unspecified atom stereocenters. The lowest BCUT2D eigenvalue weighted by atomic mass is 9.87. The molecule has 1 aliphatic carbocycles. The average molecular weight is 329 g/mol. The van der Waals surface area contributed by atoms with Gasteiger partial charge in [-0.25, -0.2) is 4.98 Å². The van der Waals surface area contributed by atoms with Crippen LogP contribution in [0, 0.1) is 5.92 Å². The summed E-state index contributed by atoms with van der Waals surface area (Å²) in [5.74, 6) is 2.09. The van der Waals surface area contributed by atoms with E-state index in [9.17, 15) is 5.11 Å². The minimum atomic E-state index is -0.0950. The highest BCUT2D eigenvalue weighted by molar-refractivity contribution is 9.10. The number of hydrogen-bond acceptors (Lipinski definition) is 5. The van der Waals surface area contributed by atoms with Gasteiger partial charge in [-0.2, -0.15) is 4.98 Å². The monoisotopic (exact) mass is 328 g/mol. The molecule has 1 aromatic heterocycles. The first-order chi connectivity index (χ1) is 9.19. The maximum Gasteiger partial charge on any atom is 0.224 e. The number of nitrogens with one attached hydrogen (secondary N) is 2. The zero-order valence-electron chi connectivity index (χ0n) is 11.2. The summed E-state index contributed by atoms with van der Waals surface area (Å²) in [4.78, 5) is 8.62. The molecule has 0 saturated heterocycles. The van der Waals surface area contributed by atoms with Crippen LogP contribution in [0.3, 0.4) is 0 Å². The van der Waals surface area contributed by atoms with E-state index in [0.29, 0.717) is 11.9 Å². The molecule has 106 valence electrons. The Morgan fingerprint density at radius 3 is 2.74 bits per heavy atom. The van der Waals surface area contributed by atoms with Crippen LogP contribution in [0.15, 0.2) is 10.7 Å². The second kappa shape index (κ2) is 7.05. The van der Waals surface area contributed by atoms with E-state index in [-0.39, 0.29) is 6.10 Å². The molecule has 1 fully saturated rings. The first kappa shape index (κ1) is 14.5. The molecule has 5 nitrogen and oxygen atoms in total. The molecular weight excluding hydrogens is 308 g/mol. The van der Waals surface area contributed by atoms with Gasteiger partial charge in [-0.15, -0.1) is 0 Å². The van der Waals surface area contributed by atoms with Crippen molar-refractivity contribution in [3.05, 3.63) is 10.7 Å². The summed E-state index contributed by atoms with van der Waals surface area (Å²) < 4.78 is 0.880. The molecule has 0 radical (unpaired) electrons. The highest BCUT2D eigenvalue weighted by atomic mass is 79.9. The summed E-state index contributed by atoms with van der Waals surface area (Å²) in [7, 11) is 0. The van der Waals surface area contributed by atoms with Crippen LogP contribution in [0.5, 0.6) is 0 Å². The Hall–Kier alpha value is -0.880. The maximum atomic E-state index is 9.49. The second-order valence-electron chi connectivity index (χ2n) is 4.98. The van der Waals surface area contributed by atoms with Gasteiger partial charge in [-0.05, 0) is 54.5 Å². The van der Waals surface area contributed by atoms with Gasteiger partial charge in [0.15, 0.2) is 0 Å². The SMILES string of the molecule is CCNc1ncc(Br)c(NCC2CCC(O)CC2)n1. The second-order valence-corrected chi connectivity index (χ2v) is 5.83. The van der Waals surface area contributed by atoms with E-state index in [1.807, 2.05) is 6.92 Å². The van der Waals surface area contributed by atoms with Crippen molar-refractivity contribution in [2.45, 2.75) is 38.7 Å². The van der Waals surface area contributed by atoms with Gasteiger partial charge in [-0.3, -0.25) is 0 Å². The standard InChI is InChI=1S/C13H21BrN4O/c1-2-15-13-17-8-11(14)12(18-13)16-7-9-3-5-10(19)6-4-9/h8-10,19H,2-7H2,1H3,(H2,15,16,17,18). The van der Waals surface area contributed by atoms with Gasteiger partial charge in [0, 0.05) is 19.3 Å². The normalized spacial score (nSPS) is 23.1. The lowest BCUT2D eigenvalue weighted by Gasteiger charge is -2.25. The molecule has 2 rings (SSSR count). The molecular formula is C13H21BrN4O. The Morgan fingerprint density at radius 1 is 1.32 bits per heavy atom. The number of rotatable bonds is 5. The van der Waals surface area contributed by atoms with Crippen molar-refractivity contribution < 1.29 is 5.11 Å². The third kappa shape index (κ3) is 4.31. The lowest BCUT2D eigenvalue weighted by molar-refractivity contribution is 0.111. The quantitative estimate of drug-likeness (QED) is 0.775. The van der Waals surface area contributed by atoms with E-state index in [0.717, 1.165) is 49.1 Å². The lowest BCUT2D eigenvalue weighted by Crippen LogP contribution is -2.24. The van der Waals surface area contributed by atoms with Gasteiger partial charge in [0.1, 0.15) is 5.82 Å². The van der Waals surface area contributed by atoms with Crippen LogP contribution in [0.1, 0.15) is 32.6 Å². The number of anilines is 2. The van der Waals surface area contributed by atoms with Gasteiger partial charge in [0.2, 0.25) is 5.95 Å². The largest absolute Gasteiger partial charge is 0.393 e. The van der Waals surface area contributed by atoms with E-state index in [1.54, 1.807) is 6.20 Å². The van der Waals surface area contributed by atoms with Crippen molar-refractivity contribution in [2.24, 2.45) is 5.92 Å². The Morgan fingerprint density at radius 2 is 2.05 bits per heavy atom. The van der Waals surface area contributed by atoms with Crippen LogP contribution in [0.2, 0.25) is 0 Å². The number of nitrogens with zero attached hydrogens (tertiary/aromatic N) is 2. The van der Waals surface area contributed by atoms with Crippen molar-refractivity contribution in [1.82, 2.24) is 9.97 Å². The van der Waals surface area contributed by atoms with Crippen molar-refractivity contribution in [2.75, 3.05) is 23.7 Å².